The van der Waals surface area contributed by atoms with Crippen LogP contribution in [0.25, 0.3) is 5.69 Å². The van der Waals surface area contributed by atoms with Crippen molar-refractivity contribution in [3.63, 3.8) is 0 Å². The standard InChI is InChI=1S/C20H22FN5.HI/c1-2-22-20(24-14-17-8-6-7-11-19(17)21)23-12-16-13-25-26(15-16)18-9-4-3-5-10-18;/h3-11,13,15H,2,12,14H2,1H3,(H2,22,23,24);1H. The Balaban J connectivity index is 0.00000261. The van der Waals surface area contributed by atoms with Crippen molar-refractivity contribution in [3.8, 4) is 5.69 Å². The molecular formula is C20H23FIN5. The van der Waals surface area contributed by atoms with E-state index in [2.05, 4.69) is 20.7 Å². The van der Waals surface area contributed by atoms with Crippen molar-refractivity contribution in [2.45, 2.75) is 20.0 Å². The quantitative estimate of drug-likeness (QED) is 0.321. The molecule has 2 aromatic carbocycles. The molecule has 0 aliphatic heterocycles. The highest BCUT2D eigenvalue weighted by atomic mass is 127. The maximum atomic E-state index is 13.7. The smallest absolute Gasteiger partial charge is 0.191 e. The SMILES string of the molecule is CCNC(=NCc1cnn(-c2ccccc2)c1)NCc1ccccc1F.I. The number of hydrogen-bond acceptors (Lipinski definition) is 2. The largest absolute Gasteiger partial charge is 0.357 e. The minimum atomic E-state index is -0.222. The van der Waals surface area contributed by atoms with E-state index < -0.39 is 0 Å². The second-order valence-corrected chi connectivity index (χ2v) is 5.77. The van der Waals surface area contributed by atoms with Gasteiger partial charge in [-0.2, -0.15) is 5.10 Å². The third kappa shape index (κ3) is 6.06. The summed E-state index contributed by atoms with van der Waals surface area (Å²) >= 11 is 0. The van der Waals surface area contributed by atoms with Crippen molar-refractivity contribution in [1.29, 1.82) is 0 Å². The van der Waals surface area contributed by atoms with Gasteiger partial charge in [-0.3, -0.25) is 0 Å². The molecule has 0 fully saturated rings. The first-order chi connectivity index (χ1) is 12.8. The molecule has 0 aliphatic rings. The summed E-state index contributed by atoms with van der Waals surface area (Å²) in [5, 5.41) is 10.7. The van der Waals surface area contributed by atoms with E-state index in [1.165, 1.54) is 6.07 Å². The molecule has 0 aliphatic carbocycles. The van der Waals surface area contributed by atoms with Gasteiger partial charge in [0.05, 0.1) is 18.4 Å². The van der Waals surface area contributed by atoms with E-state index in [9.17, 15) is 4.39 Å². The number of hydrogen-bond donors (Lipinski definition) is 2. The topological polar surface area (TPSA) is 54.2 Å². The molecule has 0 bridgehead atoms. The number of guanidine groups is 1. The number of rotatable bonds is 6. The Kier molecular flexibility index (Phi) is 8.25. The minimum absolute atomic E-state index is 0. The Morgan fingerprint density at radius 3 is 2.56 bits per heavy atom. The molecule has 0 radical (unpaired) electrons. The normalized spacial score (nSPS) is 11.0. The monoisotopic (exact) mass is 479 g/mol. The second kappa shape index (κ2) is 10.7. The average molecular weight is 479 g/mol. The molecule has 142 valence electrons. The highest BCUT2D eigenvalue weighted by Crippen LogP contribution is 2.09. The zero-order valence-corrected chi connectivity index (χ0v) is 17.4. The van der Waals surface area contributed by atoms with Crippen LogP contribution >= 0.6 is 24.0 Å². The Labute approximate surface area is 175 Å². The lowest BCUT2D eigenvalue weighted by molar-refractivity contribution is 0.604. The lowest BCUT2D eigenvalue weighted by Gasteiger charge is -2.11. The van der Waals surface area contributed by atoms with Crippen molar-refractivity contribution in [2.24, 2.45) is 4.99 Å². The average Bonchev–Trinajstić information content (AvgIpc) is 3.15. The second-order valence-electron chi connectivity index (χ2n) is 5.77. The van der Waals surface area contributed by atoms with Crippen molar-refractivity contribution >= 4 is 29.9 Å². The van der Waals surface area contributed by atoms with Crippen LogP contribution in [0.15, 0.2) is 72.0 Å². The Hall–Kier alpha value is -2.42. The van der Waals surface area contributed by atoms with Crippen LogP contribution < -0.4 is 10.6 Å². The molecule has 1 heterocycles. The van der Waals surface area contributed by atoms with Crippen LogP contribution in [0.4, 0.5) is 4.39 Å². The molecule has 2 N–H and O–H groups in total. The van der Waals surface area contributed by atoms with Crippen LogP contribution in [0, 0.1) is 5.82 Å². The number of benzene rings is 2. The van der Waals surface area contributed by atoms with Crippen molar-refractivity contribution in [1.82, 2.24) is 20.4 Å². The third-order valence-corrected chi connectivity index (χ3v) is 3.82. The molecule has 7 heteroatoms. The number of aliphatic imine (C=N–C) groups is 1. The highest BCUT2D eigenvalue weighted by molar-refractivity contribution is 14.0. The lowest BCUT2D eigenvalue weighted by atomic mass is 10.2. The molecule has 3 aromatic rings. The Morgan fingerprint density at radius 1 is 1.07 bits per heavy atom. The maximum absolute atomic E-state index is 13.7. The first-order valence-corrected chi connectivity index (χ1v) is 8.61. The van der Waals surface area contributed by atoms with Gasteiger partial charge in [0, 0.05) is 30.4 Å². The first kappa shape index (κ1) is 20.9. The molecular weight excluding hydrogens is 456 g/mol. The van der Waals surface area contributed by atoms with Gasteiger partial charge in [0.25, 0.3) is 0 Å². The van der Waals surface area contributed by atoms with Crippen LogP contribution in [0.2, 0.25) is 0 Å². The molecule has 5 nitrogen and oxygen atoms in total. The summed E-state index contributed by atoms with van der Waals surface area (Å²) < 4.78 is 15.6. The van der Waals surface area contributed by atoms with Crippen LogP contribution in [-0.2, 0) is 13.1 Å². The summed E-state index contributed by atoms with van der Waals surface area (Å²) in [5.41, 5.74) is 2.61. The van der Waals surface area contributed by atoms with Gasteiger partial charge in [-0.25, -0.2) is 14.1 Å². The fourth-order valence-electron chi connectivity index (χ4n) is 2.50. The summed E-state index contributed by atoms with van der Waals surface area (Å²) in [6, 6.07) is 16.7. The molecule has 0 saturated carbocycles. The Bertz CT molecular complexity index is 864. The first-order valence-electron chi connectivity index (χ1n) is 8.61. The van der Waals surface area contributed by atoms with E-state index in [1.807, 2.05) is 54.2 Å². The highest BCUT2D eigenvalue weighted by Gasteiger charge is 2.04. The van der Waals surface area contributed by atoms with Crippen LogP contribution in [-0.4, -0.2) is 22.3 Å². The fraction of sp³-hybridized carbons (Fsp3) is 0.200. The number of nitrogens with zero attached hydrogens (tertiary/aromatic N) is 3. The van der Waals surface area contributed by atoms with Crippen LogP contribution in [0.3, 0.4) is 0 Å². The minimum Gasteiger partial charge on any atom is -0.357 e. The van der Waals surface area contributed by atoms with Gasteiger partial charge >= 0.3 is 0 Å². The van der Waals surface area contributed by atoms with E-state index in [0.717, 1.165) is 17.8 Å². The molecule has 0 atom stereocenters. The van der Waals surface area contributed by atoms with Gasteiger partial charge in [0.1, 0.15) is 5.82 Å². The van der Waals surface area contributed by atoms with E-state index in [4.69, 9.17) is 0 Å². The summed E-state index contributed by atoms with van der Waals surface area (Å²) in [6.07, 6.45) is 3.76. The van der Waals surface area contributed by atoms with Crippen LogP contribution in [0.5, 0.6) is 0 Å². The number of halogens is 2. The molecule has 0 amide bonds. The van der Waals surface area contributed by atoms with E-state index in [1.54, 1.807) is 18.3 Å². The molecule has 27 heavy (non-hydrogen) atoms. The van der Waals surface area contributed by atoms with Gasteiger partial charge < -0.3 is 10.6 Å². The third-order valence-electron chi connectivity index (χ3n) is 3.82. The van der Waals surface area contributed by atoms with Gasteiger partial charge in [-0.1, -0.05) is 36.4 Å². The van der Waals surface area contributed by atoms with Gasteiger partial charge in [0.2, 0.25) is 0 Å². The Morgan fingerprint density at radius 2 is 1.81 bits per heavy atom. The molecule has 0 unspecified atom stereocenters. The van der Waals surface area contributed by atoms with Gasteiger partial charge in [-0.05, 0) is 25.1 Å². The predicted octanol–water partition coefficient (Wildman–Crippen LogP) is 3.88. The summed E-state index contributed by atoms with van der Waals surface area (Å²) in [4.78, 5) is 4.55. The van der Waals surface area contributed by atoms with Gasteiger partial charge in [-0.15, -0.1) is 24.0 Å². The summed E-state index contributed by atoms with van der Waals surface area (Å²) in [6.45, 7) is 3.58. The lowest BCUT2D eigenvalue weighted by Crippen LogP contribution is -2.37. The van der Waals surface area contributed by atoms with Crippen molar-refractivity contribution in [3.05, 3.63) is 83.9 Å². The zero-order valence-electron chi connectivity index (χ0n) is 15.1. The number of aromatic nitrogens is 2. The molecule has 0 spiro atoms. The molecule has 1 aromatic heterocycles. The van der Waals surface area contributed by atoms with Crippen LogP contribution in [0.1, 0.15) is 18.1 Å². The van der Waals surface area contributed by atoms with E-state index in [0.29, 0.717) is 24.6 Å². The predicted molar refractivity (Wildman–Crippen MR) is 117 cm³/mol. The number of nitrogens with one attached hydrogen (secondary N) is 2. The summed E-state index contributed by atoms with van der Waals surface area (Å²) in [7, 11) is 0. The van der Waals surface area contributed by atoms with Gasteiger partial charge in [0.15, 0.2) is 5.96 Å². The van der Waals surface area contributed by atoms with E-state index in [-0.39, 0.29) is 29.8 Å². The van der Waals surface area contributed by atoms with Crippen molar-refractivity contribution < 1.29 is 4.39 Å². The van der Waals surface area contributed by atoms with E-state index >= 15 is 0 Å². The number of para-hydroxylation sites is 1. The fourth-order valence-corrected chi connectivity index (χ4v) is 2.50. The molecule has 0 saturated heterocycles. The van der Waals surface area contributed by atoms with Crippen molar-refractivity contribution in [2.75, 3.05) is 6.54 Å². The zero-order chi connectivity index (χ0) is 18.2. The molecule has 3 rings (SSSR count). The maximum Gasteiger partial charge on any atom is 0.191 e. The summed E-state index contributed by atoms with van der Waals surface area (Å²) in [5.74, 6) is 0.420.